The molecule has 0 saturated carbocycles. The molecule has 2 aromatic carbocycles. The van der Waals surface area contributed by atoms with Crippen LogP contribution in [0.25, 0.3) is 28.3 Å². The van der Waals surface area contributed by atoms with Crippen molar-refractivity contribution in [2.24, 2.45) is 7.05 Å². The van der Waals surface area contributed by atoms with Crippen molar-refractivity contribution in [3.05, 3.63) is 86.0 Å². The number of nitrogens with zero attached hydrogens (tertiary/aromatic N) is 5. The number of rotatable bonds is 4. The van der Waals surface area contributed by atoms with Crippen molar-refractivity contribution >= 4 is 28.5 Å². The lowest BCUT2D eigenvalue weighted by Gasteiger charge is -2.05. The number of fused-ring (bicyclic) bond motifs is 3. The van der Waals surface area contributed by atoms with Crippen molar-refractivity contribution in [3.8, 4) is 11.4 Å². The van der Waals surface area contributed by atoms with E-state index in [9.17, 15) is 9.59 Å². The zero-order chi connectivity index (χ0) is 20.8. The number of aryl methyl sites for hydroxylation is 3. The summed E-state index contributed by atoms with van der Waals surface area (Å²) in [5.74, 6) is 1.03. The number of aromatic amines is 1. The van der Waals surface area contributed by atoms with E-state index >= 15 is 0 Å². The fourth-order valence-corrected chi connectivity index (χ4v) is 3.85. The molecule has 0 aliphatic carbocycles. The van der Waals surface area contributed by atoms with E-state index in [2.05, 4.69) is 15.2 Å². The van der Waals surface area contributed by atoms with E-state index in [4.69, 9.17) is 11.6 Å². The summed E-state index contributed by atoms with van der Waals surface area (Å²) in [4.78, 5) is 27.5. The fourth-order valence-electron chi connectivity index (χ4n) is 3.73. The summed E-state index contributed by atoms with van der Waals surface area (Å²) in [6.07, 6.45) is 0.700. The standard InChI is InChI=1S/C21H17ClN6O2/c1-26-19-16(18(29)23-21(26)30)27(12-11-13-5-3-2-4-6-13)20-25-24-17(28(19)20)14-7-9-15(22)10-8-14/h2-10H,11-12H2,1H3,(H,23,29,30). The van der Waals surface area contributed by atoms with E-state index in [0.717, 1.165) is 11.1 Å². The average molecular weight is 421 g/mol. The lowest BCUT2D eigenvalue weighted by atomic mass is 10.1. The molecule has 150 valence electrons. The summed E-state index contributed by atoms with van der Waals surface area (Å²) in [6, 6.07) is 17.2. The van der Waals surface area contributed by atoms with Crippen LogP contribution in [0.1, 0.15) is 5.56 Å². The summed E-state index contributed by atoms with van der Waals surface area (Å²) < 4.78 is 4.97. The largest absolute Gasteiger partial charge is 0.329 e. The van der Waals surface area contributed by atoms with Crippen molar-refractivity contribution in [3.63, 3.8) is 0 Å². The number of nitrogens with one attached hydrogen (secondary N) is 1. The molecule has 9 heteroatoms. The highest BCUT2D eigenvalue weighted by Gasteiger charge is 2.22. The Morgan fingerprint density at radius 1 is 1.00 bits per heavy atom. The number of hydrogen-bond acceptors (Lipinski definition) is 4. The molecule has 3 heterocycles. The molecule has 0 aliphatic rings. The van der Waals surface area contributed by atoms with Gasteiger partial charge in [-0.15, -0.1) is 10.2 Å². The minimum atomic E-state index is -0.495. The van der Waals surface area contributed by atoms with Crippen LogP contribution in [0.5, 0.6) is 0 Å². The Morgan fingerprint density at radius 3 is 2.47 bits per heavy atom. The van der Waals surface area contributed by atoms with Gasteiger partial charge in [-0.3, -0.25) is 14.3 Å². The zero-order valence-electron chi connectivity index (χ0n) is 16.0. The summed E-state index contributed by atoms with van der Waals surface area (Å²) in [5, 5.41) is 9.30. The van der Waals surface area contributed by atoms with Gasteiger partial charge in [0.05, 0.1) is 0 Å². The number of imidazole rings is 1. The molecular formula is C21H17ClN6O2. The molecule has 0 fully saturated rings. The first-order chi connectivity index (χ1) is 14.5. The maximum absolute atomic E-state index is 12.8. The van der Waals surface area contributed by atoms with Gasteiger partial charge < -0.3 is 4.57 Å². The molecular weight excluding hydrogens is 404 g/mol. The van der Waals surface area contributed by atoms with Crippen molar-refractivity contribution in [2.45, 2.75) is 13.0 Å². The highest BCUT2D eigenvalue weighted by atomic mass is 35.5. The minimum Gasteiger partial charge on any atom is -0.302 e. The van der Waals surface area contributed by atoms with E-state index in [0.29, 0.717) is 40.8 Å². The van der Waals surface area contributed by atoms with E-state index in [1.54, 1.807) is 23.6 Å². The third kappa shape index (κ3) is 2.84. The van der Waals surface area contributed by atoms with Crippen molar-refractivity contribution in [1.82, 2.24) is 28.7 Å². The van der Waals surface area contributed by atoms with Crippen molar-refractivity contribution in [2.75, 3.05) is 0 Å². The van der Waals surface area contributed by atoms with Crippen LogP contribution in [0, 0.1) is 0 Å². The van der Waals surface area contributed by atoms with Crippen molar-refractivity contribution in [1.29, 1.82) is 0 Å². The van der Waals surface area contributed by atoms with Gasteiger partial charge in [0, 0.05) is 24.2 Å². The van der Waals surface area contributed by atoms with E-state index in [-0.39, 0.29) is 0 Å². The lowest BCUT2D eigenvalue weighted by Crippen LogP contribution is -2.29. The Morgan fingerprint density at radius 2 is 1.73 bits per heavy atom. The first kappa shape index (κ1) is 18.4. The predicted octanol–water partition coefficient (Wildman–Crippen LogP) is 2.63. The van der Waals surface area contributed by atoms with E-state index < -0.39 is 11.2 Å². The highest BCUT2D eigenvalue weighted by Crippen LogP contribution is 2.25. The quantitative estimate of drug-likeness (QED) is 0.484. The summed E-state index contributed by atoms with van der Waals surface area (Å²) in [5.41, 5.74) is 1.80. The van der Waals surface area contributed by atoms with Crippen LogP contribution in [0.2, 0.25) is 5.02 Å². The zero-order valence-corrected chi connectivity index (χ0v) is 16.8. The van der Waals surface area contributed by atoms with Crippen LogP contribution in [0.4, 0.5) is 0 Å². The Bertz CT molecular complexity index is 1490. The average Bonchev–Trinajstić information content (AvgIpc) is 3.31. The molecule has 0 unspecified atom stereocenters. The first-order valence-electron chi connectivity index (χ1n) is 9.41. The molecule has 8 nitrogen and oxygen atoms in total. The maximum atomic E-state index is 12.8. The van der Waals surface area contributed by atoms with E-state index in [1.807, 2.05) is 47.0 Å². The molecule has 1 N–H and O–H groups in total. The minimum absolute atomic E-state index is 0.383. The lowest BCUT2D eigenvalue weighted by molar-refractivity contribution is 0.724. The normalized spacial score (nSPS) is 11.5. The topological polar surface area (TPSA) is 90.0 Å². The van der Waals surface area contributed by atoms with Crippen LogP contribution in [-0.2, 0) is 20.0 Å². The number of benzene rings is 2. The van der Waals surface area contributed by atoms with Gasteiger partial charge in [0.15, 0.2) is 17.0 Å². The van der Waals surface area contributed by atoms with Crippen LogP contribution in [0.3, 0.4) is 0 Å². The molecule has 30 heavy (non-hydrogen) atoms. The van der Waals surface area contributed by atoms with Gasteiger partial charge in [0.1, 0.15) is 0 Å². The third-order valence-corrected chi connectivity index (χ3v) is 5.46. The number of halogens is 1. The monoisotopic (exact) mass is 420 g/mol. The van der Waals surface area contributed by atoms with Gasteiger partial charge in [-0.05, 0) is 36.2 Å². The first-order valence-corrected chi connectivity index (χ1v) is 9.79. The Labute approximate surface area is 175 Å². The maximum Gasteiger partial charge on any atom is 0.329 e. The second kappa shape index (κ2) is 7.00. The SMILES string of the molecule is Cn1c(=O)[nH]c(=O)c2c1n1c(-c3ccc(Cl)cc3)nnc1n2CCc1ccccc1. The summed E-state index contributed by atoms with van der Waals surface area (Å²) >= 11 is 6.02. The molecule has 0 bridgehead atoms. The number of aromatic nitrogens is 6. The number of H-pyrrole nitrogens is 1. The second-order valence-corrected chi connectivity index (χ2v) is 7.48. The third-order valence-electron chi connectivity index (χ3n) is 5.21. The van der Waals surface area contributed by atoms with Crippen LogP contribution in [-0.4, -0.2) is 28.7 Å². The van der Waals surface area contributed by atoms with Crippen LogP contribution < -0.4 is 11.2 Å². The highest BCUT2D eigenvalue weighted by molar-refractivity contribution is 6.30. The van der Waals surface area contributed by atoms with Gasteiger partial charge in [0.2, 0.25) is 5.78 Å². The Kier molecular flexibility index (Phi) is 4.29. The molecule has 5 aromatic rings. The Hall–Kier alpha value is -3.65. The molecule has 3 aromatic heterocycles. The summed E-state index contributed by atoms with van der Waals surface area (Å²) in [7, 11) is 1.62. The predicted molar refractivity (Wildman–Crippen MR) is 115 cm³/mol. The molecule has 0 spiro atoms. The molecule has 0 aliphatic heterocycles. The van der Waals surface area contributed by atoms with Gasteiger partial charge in [-0.25, -0.2) is 9.20 Å². The molecule has 5 rings (SSSR count). The number of hydrogen-bond donors (Lipinski definition) is 1. The fraction of sp³-hybridized carbons (Fsp3) is 0.143. The smallest absolute Gasteiger partial charge is 0.302 e. The van der Waals surface area contributed by atoms with Gasteiger partial charge in [-0.2, -0.15) is 0 Å². The molecule has 0 atom stereocenters. The van der Waals surface area contributed by atoms with Crippen LogP contribution in [0.15, 0.2) is 64.2 Å². The van der Waals surface area contributed by atoms with Crippen LogP contribution >= 0.6 is 11.6 Å². The van der Waals surface area contributed by atoms with Crippen molar-refractivity contribution < 1.29 is 0 Å². The van der Waals surface area contributed by atoms with E-state index in [1.165, 1.54) is 4.57 Å². The van der Waals surface area contributed by atoms with Gasteiger partial charge in [-0.1, -0.05) is 41.9 Å². The molecule has 0 saturated heterocycles. The van der Waals surface area contributed by atoms with Gasteiger partial charge in [0.25, 0.3) is 5.56 Å². The van der Waals surface area contributed by atoms with Gasteiger partial charge >= 0.3 is 5.69 Å². The summed E-state index contributed by atoms with van der Waals surface area (Å²) in [6.45, 7) is 0.511. The molecule has 0 amide bonds. The Balaban J connectivity index is 1.79. The second-order valence-electron chi connectivity index (χ2n) is 7.04. The molecule has 0 radical (unpaired) electrons.